The van der Waals surface area contributed by atoms with Crippen molar-refractivity contribution in [2.24, 2.45) is 10.4 Å². The van der Waals surface area contributed by atoms with Gasteiger partial charge in [-0.25, -0.2) is 0 Å². The van der Waals surface area contributed by atoms with Crippen LogP contribution in [0.2, 0.25) is 0 Å². The summed E-state index contributed by atoms with van der Waals surface area (Å²) in [6, 6.07) is 8.13. The molecule has 0 aliphatic carbocycles. The van der Waals surface area contributed by atoms with Gasteiger partial charge < -0.3 is 20.3 Å². The van der Waals surface area contributed by atoms with Crippen molar-refractivity contribution in [1.29, 1.82) is 0 Å². The van der Waals surface area contributed by atoms with Gasteiger partial charge in [-0.1, -0.05) is 32.0 Å². The maximum atomic E-state index is 6.05. The van der Waals surface area contributed by atoms with E-state index >= 15 is 0 Å². The van der Waals surface area contributed by atoms with Crippen molar-refractivity contribution in [3.05, 3.63) is 29.8 Å². The predicted molar refractivity (Wildman–Crippen MR) is 107 cm³/mol. The number of benzene rings is 1. The summed E-state index contributed by atoms with van der Waals surface area (Å²) in [5.74, 6) is 1.71. The standard InChI is InChI=1S/C20H36N4O/c1-19(2,3)25-17-12-10-9-11-16(17)13-22-18(21-6)23-14-20(4,5)15-24(7)8/h9-12H,13-15H2,1-8H3,(H2,21,22,23). The Balaban J connectivity index is 2.64. The number of hydrogen-bond donors (Lipinski definition) is 2. The van der Waals surface area contributed by atoms with Gasteiger partial charge in [0.25, 0.3) is 0 Å². The molecule has 0 saturated heterocycles. The molecule has 0 bridgehead atoms. The van der Waals surface area contributed by atoms with Crippen LogP contribution in [-0.2, 0) is 6.54 Å². The van der Waals surface area contributed by atoms with Gasteiger partial charge in [0.15, 0.2) is 5.96 Å². The van der Waals surface area contributed by atoms with Gasteiger partial charge in [0.2, 0.25) is 0 Å². The molecule has 0 atom stereocenters. The maximum absolute atomic E-state index is 6.05. The number of guanidine groups is 1. The summed E-state index contributed by atoms with van der Waals surface area (Å²) in [5.41, 5.74) is 1.06. The molecule has 0 aliphatic heterocycles. The minimum atomic E-state index is -0.216. The Morgan fingerprint density at radius 1 is 1.08 bits per heavy atom. The summed E-state index contributed by atoms with van der Waals surface area (Å²) in [5, 5.41) is 6.81. The monoisotopic (exact) mass is 348 g/mol. The molecule has 1 rings (SSSR count). The molecule has 25 heavy (non-hydrogen) atoms. The topological polar surface area (TPSA) is 48.9 Å². The zero-order valence-corrected chi connectivity index (χ0v) is 17.2. The van der Waals surface area contributed by atoms with Crippen LogP contribution in [0, 0.1) is 5.41 Å². The molecule has 0 amide bonds. The van der Waals surface area contributed by atoms with Crippen molar-refractivity contribution >= 4 is 5.96 Å². The summed E-state index contributed by atoms with van der Waals surface area (Å²) in [6.45, 7) is 13.2. The van der Waals surface area contributed by atoms with Crippen molar-refractivity contribution < 1.29 is 4.74 Å². The fraction of sp³-hybridized carbons (Fsp3) is 0.650. The maximum Gasteiger partial charge on any atom is 0.191 e. The minimum absolute atomic E-state index is 0.161. The molecule has 0 aromatic heterocycles. The zero-order chi connectivity index (χ0) is 19.1. The number of nitrogens with zero attached hydrogens (tertiary/aromatic N) is 2. The van der Waals surface area contributed by atoms with Gasteiger partial charge in [0.05, 0.1) is 0 Å². The molecule has 0 fully saturated rings. The van der Waals surface area contributed by atoms with E-state index < -0.39 is 0 Å². The van der Waals surface area contributed by atoms with Crippen LogP contribution in [0.25, 0.3) is 0 Å². The van der Waals surface area contributed by atoms with Gasteiger partial charge in [0, 0.05) is 32.2 Å². The van der Waals surface area contributed by atoms with E-state index in [1.807, 2.05) is 18.2 Å². The normalized spacial score (nSPS) is 13.1. The highest BCUT2D eigenvalue weighted by atomic mass is 16.5. The molecule has 0 spiro atoms. The van der Waals surface area contributed by atoms with Crippen molar-refractivity contribution in [2.75, 3.05) is 34.2 Å². The van der Waals surface area contributed by atoms with E-state index in [-0.39, 0.29) is 11.0 Å². The Morgan fingerprint density at radius 3 is 2.28 bits per heavy atom. The zero-order valence-electron chi connectivity index (χ0n) is 17.2. The number of rotatable bonds is 7. The van der Waals surface area contributed by atoms with Gasteiger partial charge in [-0.05, 0) is 46.3 Å². The van der Waals surface area contributed by atoms with Gasteiger partial charge in [-0.2, -0.15) is 0 Å². The van der Waals surface area contributed by atoms with Crippen LogP contribution in [-0.4, -0.2) is 50.7 Å². The van der Waals surface area contributed by atoms with Gasteiger partial charge in [0.1, 0.15) is 11.4 Å². The first-order chi connectivity index (χ1) is 11.5. The van der Waals surface area contributed by atoms with Gasteiger partial charge in [-0.3, -0.25) is 4.99 Å². The molecule has 0 unspecified atom stereocenters. The summed E-state index contributed by atoms with van der Waals surface area (Å²) < 4.78 is 6.05. The van der Waals surface area contributed by atoms with Crippen molar-refractivity contribution in [1.82, 2.24) is 15.5 Å². The Labute approximate surface area is 153 Å². The third-order valence-electron chi connectivity index (χ3n) is 3.54. The molecule has 0 aliphatic rings. The number of para-hydroxylation sites is 1. The van der Waals surface area contributed by atoms with E-state index in [1.54, 1.807) is 7.05 Å². The quantitative estimate of drug-likeness (QED) is 0.587. The largest absolute Gasteiger partial charge is 0.488 e. The molecule has 142 valence electrons. The van der Waals surface area contributed by atoms with Crippen LogP contribution < -0.4 is 15.4 Å². The molecule has 1 aromatic carbocycles. The summed E-state index contributed by atoms with van der Waals surface area (Å²) in [4.78, 5) is 6.54. The van der Waals surface area contributed by atoms with E-state index in [1.165, 1.54) is 0 Å². The first-order valence-electron chi connectivity index (χ1n) is 8.88. The van der Waals surface area contributed by atoms with E-state index in [0.29, 0.717) is 6.54 Å². The summed E-state index contributed by atoms with van der Waals surface area (Å²) >= 11 is 0. The lowest BCUT2D eigenvalue weighted by molar-refractivity contribution is 0.129. The van der Waals surface area contributed by atoms with Crippen LogP contribution in [0.5, 0.6) is 5.75 Å². The molecule has 5 heteroatoms. The average Bonchev–Trinajstić information content (AvgIpc) is 2.46. The fourth-order valence-corrected chi connectivity index (χ4v) is 2.71. The first-order valence-corrected chi connectivity index (χ1v) is 8.88. The minimum Gasteiger partial charge on any atom is -0.488 e. The number of nitrogens with one attached hydrogen (secondary N) is 2. The highest BCUT2D eigenvalue weighted by Crippen LogP contribution is 2.22. The number of aliphatic imine (C=N–C) groups is 1. The lowest BCUT2D eigenvalue weighted by atomic mass is 9.93. The summed E-state index contributed by atoms with van der Waals surface area (Å²) in [6.07, 6.45) is 0. The van der Waals surface area contributed by atoms with Gasteiger partial charge >= 0.3 is 0 Å². The second-order valence-corrected chi connectivity index (χ2v) is 8.50. The second-order valence-electron chi connectivity index (χ2n) is 8.50. The SMILES string of the molecule is CN=C(NCc1ccccc1OC(C)(C)C)NCC(C)(C)CN(C)C. The molecule has 2 N–H and O–H groups in total. The van der Waals surface area contributed by atoms with Gasteiger partial charge in [-0.15, -0.1) is 0 Å². The predicted octanol–water partition coefficient (Wildman–Crippen LogP) is 3.12. The fourth-order valence-electron chi connectivity index (χ4n) is 2.71. The highest BCUT2D eigenvalue weighted by molar-refractivity contribution is 5.79. The first kappa shape index (κ1) is 21.3. The number of ether oxygens (including phenoxy) is 1. The lowest BCUT2D eigenvalue weighted by Crippen LogP contribution is -2.44. The van der Waals surface area contributed by atoms with Crippen LogP contribution in [0.1, 0.15) is 40.2 Å². The molecular formula is C20H36N4O. The Kier molecular flexibility index (Phi) is 7.74. The Hall–Kier alpha value is -1.75. The molecule has 5 nitrogen and oxygen atoms in total. The third kappa shape index (κ3) is 8.77. The smallest absolute Gasteiger partial charge is 0.191 e. The highest BCUT2D eigenvalue weighted by Gasteiger charge is 2.19. The third-order valence-corrected chi connectivity index (χ3v) is 3.54. The Morgan fingerprint density at radius 2 is 1.72 bits per heavy atom. The average molecular weight is 349 g/mol. The molecule has 0 radical (unpaired) electrons. The van der Waals surface area contributed by atoms with Crippen LogP contribution >= 0.6 is 0 Å². The van der Waals surface area contributed by atoms with Crippen LogP contribution in [0.3, 0.4) is 0 Å². The second kappa shape index (κ2) is 9.09. The van der Waals surface area contributed by atoms with E-state index in [0.717, 1.165) is 30.4 Å². The Bertz CT molecular complexity index is 559. The number of hydrogen-bond acceptors (Lipinski definition) is 3. The van der Waals surface area contributed by atoms with Crippen LogP contribution in [0.15, 0.2) is 29.3 Å². The molecule has 1 aromatic rings. The lowest BCUT2D eigenvalue weighted by Gasteiger charge is -2.29. The summed E-state index contributed by atoms with van der Waals surface area (Å²) in [7, 11) is 5.99. The molecular weight excluding hydrogens is 312 g/mol. The van der Waals surface area contributed by atoms with Crippen molar-refractivity contribution in [3.63, 3.8) is 0 Å². The molecule has 0 heterocycles. The van der Waals surface area contributed by atoms with E-state index in [2.05, 4.69) is 75.3 Å². The van der Waals surface area contributed by atoms with Crippen molar-refractivity contribution in [2.45, 2.75) is 46.8 Å². The van der Waals surface area contributed by atoms with E-state index in [9.17, 15) is 0 Å². The van der Waals surface area contributed by atoms with Crippen LogP contribution in [0.4, 0.5) is 0 Å². The molecule has 0 saturated carbocycles. The van der Waals surface area contributed by atoms with E-state index in [4.69, 9.17) is 4.74 Å². The van der Waals surface area contributed by atoms with Crippen molar-refractivity contribution in [3.8, 4) is 5.75 Å².